The standard InChI is InChI=1S/C12H13ClO3S/c1-3-4-5-9-6-7-10(12(13)14)8-11(9)17(2,15)16/h4-8H,3H2,1-2H3/b5-4+. The van der Waals surface area contributed by atoms with Gasteiger partial charge < -0.3 is 0 Å². The highest BCUT2D eigenvalue weighted by molar-refractivity contribution is 7.90. The Morgan fingerprint density at radius 1 is 1.41 bits per heavy atom. The molecule has 0 aliphatic rings. The van der Waals surface area contributed by atoms with Crippen LogP contribution in [0.15, 0.2) is 29.2 Å². The predicted octanol–water partition coefficient (Wildman–Crippen LogP) is 2.89. The third-order valence-electron chi connectivity index (χ3n) is 2.17. The van der Waals surface area contributed by atoms with Gasteiger partial charge in [-0.2, -0.15) is 0 Å². The summed E-state index contributed by atoms with van der Waals surface area (Å²) in [4.78, 5) is 11.1. The molecule has 0 radical (unpaired) electrons. The number of carbonyl (C=O) groups is 1. The molecule has 0 saturated heterocycles. The molecule has 0 bridgehead atoms. The van der Waals surface area contributed by atoms with Crippen molar-refractivity contribution in [2.24, 2.45) is 0 Å². The first-order valence-corrected chi connectivity index (χ1v) is 7.33. The van der Waals surface area contributed by atoms with Crippen LogP contribution in [0.25, 0.3) is 6.08 Å². The molecule has 0 aliphatic heterocycles. The lowest BCUT2D eigenvalue weighted by Gasteiger charge is -2.05. The van der Waals surface area contributed by atoms with Crippen LogP contribution in [0, 0.1) is 0 Å². The second-order valence-corrected chi connectivity index (χ2v) is 5.94. The van der Waals surface area contributed by atoms with E-state index < -0.39 is 15.1 Å². The predicted molar refractivity (Wildman–Crippen MR) is 69.1 cm³/mol. The molecule has 0 aromatic heterocycles. The Kier molecular flexibility index (Phi) is 4.48. The Hall–Kier alpha value is -1.13. The van der Waals surface area contributed by atoms with Gasteiger partial charge in [-0.15, -0.1) is 0 Å². The van der Waals surface area contributed by atoms with Crippen LogP contribution in [0.4, 0.5) is 0 Å². The third-order valence-corrected chi connectivity index (χ3v) is 3.54. The minimum Gasteiger partial charge on any atom is -0.276 e. The zero-order valence-corrected chi connectivity index (χ0v) is 11.2. The zero-order valence-electron chi connectivity index (χ0n) is 9.60. The number of halogens is 1. The Morgan fingerprint density at radius 2 is 2.06 bits per heavy atom. The Bertz CT molecular complexity index is 559. The summed E-state index contributed by atoms with van der Waals surface area (Å²) >= 11 is 5.33. The number of rotatable bonds is 4. The van der Waals surface area contributed by atoms with Gasteiger partial charge in [0.05, 0.1) is 4.90 Å². The van der Waals surface area contributed by atoms with E-state index in [0.29, 0.717) is 5.56 Å². The highest BCUT2D eigenvalue weighted by Crippen LogP contribution is 2.20. The van der Waals surface area contributed by atoms with E-state index in [0.717, 1.165) is 12.7 Å². The van der Waals surface area contributed by atoms with Crippen molar-refractivity contribution in [3.63, 3.8) is 0 Å². The minimum atomic E-state index is -3.38. The maximum Gasteiger partial charge on any atom is 0.252 e. The molecule has 17 heavy (non-hydrogen) atoms. The monoisotopic (exact) mass is 272 g/mol. The lowest BCUT2D eigenvalue weighted by molar-refractivity contribution is 0.108. The van der Waals surface area contributed by atoms with Crippen LogP contribution in [0.2, 0.25) is 0 Å². The van der Waals surface area contributed by atoms with Crippen molar-refractivity contribution < 1.29 is 13.2 Å². The van der Waals surface area contributed by atoms with Crippen molar-refractivity contribution in [2.75, 3.05) is 6.26 Å². The summed E-state index contributed by atoms with van der Waals surface area (Å²) in [6, 6.07) is 4.40. The molecule has 92 valence electrons. The molecule has 1 aromatic rings. The molecule has 0 atom stereocenters. The van der Waals surface area contributed by atoms with E-state index in [1.807, 2.05) is 13.0 Å². The number of allylic oxidation sites excluding steroid dienone is 1. The molecule has 0 fully saturated rings. The Morgan fingerprint density at radius 3 is 2.53 bits per heavy atom. The number of sulfone groups is 1. The number of hydrogen-bond acceptors (Lipinski definition) is 3. The molecule has 0 N–H and O–H groups in total. The van der Waals surface area contributed by atoms with Crippen molar-refractivity contribution in [1.29, 1.82) is 0 Å². The molecule has 0 unspecified atom stereocenters. The largest absolute Gasteiger partial charge is 0.276 e. The van der Waals surface area contributed by atoms with E-state index in [1.165, 1.54) is 12.1 Å². The van der Waals surface area contributed by atoms with Crippen molar-refractivity contribution in [3.05, 3.63) is 35.4 Å². The molecule has 0 spiro atoms. The average molecular weight is 273 g/mol. The summed E-state index contributed by atoms with van der Waals surface area (Å²) in [5.41, 5.74) is 0.747. The van der Waals surface area contributed by atoms with Crippen LogP contribution in [-0.4, -0.2) is 19.9 Å². The molecular weight excluding hydrogens is 260 g/mol. The molecule has 0 amide bonds. The highest BCUT2D eigenvalue weighted by atomic mass is 35.5. The van der Waals surface area contributed by atoms with Gasteiger partial charge in [0.1, 0.15) is 0 Å². The minimum absolute atomic E-state index is 0.119. The van der Waals surface area contributed by atoms with Crippen LogP contribution in [0.3, 0.4) is 0 Å². The summed E-state index contributed by atoms with van der Waals surface area (Å²) in [6.45, 7) is 1.95. The second-order valence-electron chi connectivity index (χ2n) is 3.61. The van der Waals surface area contributed by atoms with Gasteiger partial charge in [0.2, 0.25) is 0 Å². The van der Waals surface area contributed by atoms with Gasteiger partial charge in [-0.05, 0) is 35.7 Å². The summed E-state index contributed by atoms with van der Waals surface area (Å²) in [6.07, 6.45) is 5.48. The smallest absolute Gasteiger partial charge is 0.252 e. The quantitative estimate of drug-likeness (QED) is 0.792. The number of benzene rings is 1. The van der Waals surface area contributed by atoms with Gasteiger partial charge in [0.15, 0.2) is 9.84 Å². The molecule has 5 heteroatoms. The second kappa shape index (κ2) is 5.47. The van der Waals surface area contributed by atoms with Crippen LogP contribution < -0.4 is 0 Å². The summed E-state index contributed by atoms with van der Waals surface area (Å²) < 4.78 is 23.2. The fourth-order valence-corrected chi connectivity index (χ4v) is 2.38. The molecular formula is C12H13ClO3S. The first-order valence-electron chi connectivity index (χ1n) is 5.06. The fourth-order valence-electron chi connectivity index (χ4n) is 1.36. The van der Waals surface area contributed by atoms with E-state index in [2.05, 4.69) is 0 Å². The summed E-state index contributed by atoms with van der Waals surface area (Å²) in [7, 11) is -3.38. The van der Waals surface area contributed by atoms with Gasteiger partial charge in [-0.3, -0.25) is 4.79 Å². The topological polar surface area (TPSA) is 51.2 Å². The van der Waals surface area contributed by atoms with Gasteiger partial charge in [0, 0.05) is 11.8 Å². The van der Waals surface area contributed by atoms with Gasteiger partial charge in [0.25, 0.3) is 5.24 Å². The molecule has 0 aliphatic carbocycles. The van der Waals surface area contributed by atoms with E-state index in [1.54, 1.807) is 12.1 Å². The third kappa shape index (κ3) is 3.68. The number of carbonyl (C=O) groups excluding carboxylic acids is 1. The lowest BCUT2D eigenvalue weighted by atomic mass is 10.1. The van der Waals surface area contributed by atoms with Crippen molar-refractivity contribution in [1.82, 2.24) is 0 Å². The lowest BCUT2D eigenvalue weighted by Crippen LogP contribution is -2.02. The summed E-state index contributed by atoms with van der Waals surface area (Å²) in [5.74, 6) is 0. The van der Waals surface area contributed by atoms with Crippen LogP contribution in [0.1, 0.15) is 29.3 Å². The summed E-state index contributed by atoms with van der Waals surface area (Å²) in [5, 5.41) is -0.666. The van der Waals surface area contributed by atoms with E-state index in [9.17, 15) is 13.2 Å². The SMILES string of the molecule is CC/C=C/c1ccc(C(=O)Cl)cc1S(C)(=O)=O. The fraction of sp³-hybridized carbons (Fsp3) is 0.250. The van der Waals surface area contributed by atoms with Crippen molar-refractivity contribution in [2.45, 2.75) is 18.2 Å². The molecule has 0 heterocycles. The normalized spacial score (nSPS) is 11.9. The number of hydrogen-bond donors (Lipinski definition) is 0. The Labute approximate surface area is 106 Å². The first kappa shape index (κ1) is 13.9. The van der Waals surface area contributed by atoms with Crippen LogP contribution in [-0.2, 0) is 9.84 Å². The van der Waals surface area contributed by atoms with E-state index in [4.69, 9.17) is 11.6 Å². The maximum atomic E-state index is 11.6. The Balaban J connectivity index is 3.42. The maximum absolute atomic E-state index is 11.6. The van der Waals surface area contributed by atoms with Crippen LogP contribution >= 0.6 is 11.6 Å². The molecule has 0 saturated carbocycles. The average Bonchev–Trinajstić information content (AvgIpc) is 2.24. The molecule has 1 aromatic carbocycles. The van der Waals surface area contributed by atoms with E-state index in [-0.39, 0.29) is 10.5 Å². The van der Waals surface area contributed by atoms with Crippen LogP contribution in [0.5, 0.6) is 0 Å². The van der Waals surface area contributed by atoms with Crippen molar-refractivity contribution in [3.8, 4) is 0 Å². The molecule has 3 nitrogen and oxygen atoms in total. The highest BCUT2D eigenvalue weighted by Gasteiger charge is 2.14. The van der Waals surface area contributed by atoms with E-state index >= 15 is 0 Å². The van der Waals surface area contributed by atoms with Gasteiger partial charge in [-0.25, -0.2) is 8.42 Å². The first-order chi connectivity index (χ1) is 7.86. The van der Waals surface area contributed by atoms with Gasteiger partial charge >= 0.3 is 0 Å². The van der Waals surface area contributed by atoms with Crippen molar-refractivity contribution >= 4 is 32.8 Å². The zero-order chi connectivity index (χ0) is 13.1. The van der Waals surface area contributed by atoms with Gasteiger partial charge in [-0.1, -0.05) is 25.1 Å². The molecule has 1 rings (SSSR count).